The zero-order valence-corrected chi connectivity index (χ0v) is 11.4. The summed E-state index contributed by atoms with van der Waals surface area (Å²) in [6.07, 6.45) is 3.06. The number of H-pyrrole nitrogens is 1. The summed E-state index contributed by atoms with van der Waals surface area (Å²) >= 11 is 1.75. The summed E-state index contributed by atoms with van der Waals surface area (Å²) in [6.45, 7) is 7.30. The summed E-state index contributed by atoms with van der Waals surface area (Å²) in [5.41, 5.74) is 2.43. The average molecular weight is 249 g/mol. The Labute approximate surface area is 106 Å². The van der Waals surface area contributed by atoms with Crippen molar-refractivity contribution >= 4 is 11.3 Å². The molecular formula is C13H19N3S. The Morgan fingerprint density at radius 1 is 1.53 bits per heavy atom. The number of aromatic nitrogens is 2. The number of imidazole rings is 1. The van der Waals surface area contributed by atoms with Crippen LogP contribution in [0, 0.1) is 6.92 Å². The number of thiophene rings is 1. The lowest BCUT2D eigenvalue weighted by Crippen LogP contribution is -2.24. The second-order valence-electron chi connectivity index (χ2n) is 4.37. The predicted octanol–water partition coefficient (Wildman–Crippen LogP) is 3.33. The lowest BCUT2D eigenvalue weighted by atomic mass is 10.2. The van der Waals surface area contributed by atoms with Gasteiger partial charge in [-0.1, -0.05) is 6.92 Å². The largest absolute Gasteiger partial charge is 0.340 e. The Morgan fingerprint density at radius 2 is 2.35 bits per heavy atom. The van der Waals surface area contributed by atoms with Crippen molar-refractivity contribution in [2.45, 2.75) is 39.8 Å². The van der Waals surface area contributed by atoms with Gasteiger partial charge >= 0.3 is 0 Å². The molecule has 92 valence electrons. The maximum atomic E-state index is 4.41. The third kappa shape index (κ3) is 2.96. The molecule has 1 unspecified atom stereocenters. The van der Waals surface area contributed by atoms with Crippen LogP contribution < -0.4 is 5.32 Å². The summed E-state index contributed by atoms with van der Waals surface area (Å²) in [7, 11) is 0. The fourth-order valence-electron chi connectivity index (χ4n) is 1.63. The topological polar surface area (TPSA) is 40.7 Å². The molecule has 0 aliphatic carbocycles. The van der Waals surface area contributed by atoms with Gasteiger partial charge in [-0.3, -0.25) is 0 Å². The maximum absolute atomic E-state index is 4.41. The molecule has 2 aromatic rings. The van der Waals surface area contributed by atoms with E-state index < -0.39 is 0 Å². The van der Waals surface area contributed by atoms with Crippen molar-refractivity contribution in [2.75, 3.05) is 0 Å². The minimum absolute atomic E-state index is 0.534. The van der Waals surface area contributed by atoms with Gasteiger partial charge in [0.2, 0.25) is 0 Å². The molecule has 17 heavy (non-hydrogen) atoms. The van der Waals surface area contributed by atoms with Crippen molar-refractivity contribution < 1.29 is 0 Å². The number of nitrogens with zero attached hydrogens (tertiary/aromatic N) is 1. The lowest BCUT2D eigenvalue weighted by molar-refractivity contribution is 0.525. The van der Waals surface area contributed by atoms with Crippen LogP contribution in [0.15, 0.2) is 17.6 Å². The number of aromatic amines is 1. The average Bonchev–Trinajstić information content (AvgIpc) is 2.94. The van der Waals surface area contributed by atoms with E-state index >= 15 is 0 Å². The van der Waals surface area contributed by atoms with Crippen LogP contribution in [0.3, 0.4) is 0 Å². The van der Waals surface area contributed by atoms with E-state index in [1.165, 1.54) is 10.4 Å². The Kier molecular flexibility index (Phi) is 3.97. The predicted molar refractivity (Wildman–Crippen MR) is 73.2 cm³/mol. The van der Waals surface area contributed by atoms with Crippen molar-refractivity contribution in [2.24, 2.45) is 0 Å². The number of hydrogen-bond acceptors (Lipinski definition) is 3. The van der Waals surface area contributed by atoms with E-state index in [4.69, 9.17) is 0 Å². The highest BCUT2D eigenvalue weighted by Crippen LogP contribution is 2.27. The van der Waals surface area contributed by atoms with Crippen molar-refractivity contribution in [1.29, 1.82) is 0 Å². The Hall–Kier alpha value is -1.13. The first-order valence-corrected chi connectivity index (χ1v) is 6.90. The Balaban J connectivity index is 2.04. The van der Waals surface area contributed by atoms with Gasteiger partial charge in [-0.05, 0) is 37.3 Å². The third-order valence-corrected chi connectivity index (χ3v) is 4.02. The fraction of sp³-hybridized carbons (Fsp3) is 0.462. The van der Waals surface area contributed by atoms with Gasteiger partial charge in [0, 0.05) is 6.04 Å². The number of hydrogen-bond donors (Lipinski definition) is 2. The molecule has 0 spiro atoms. The SMILES string of the molecule is CCC(C)NCc1ncc(-c2sccc2C)[nH]1. The Morgan fingerprint density at radius 3 is 3.00 bits per heavy atom. The molecule has 0 aromatic carbocycles. The summed E-state index contributed by atoms with van der Waals surface area (Å²) < 4.78 is 0. The van der Waals surface area contributed by atoms with E-state index in [1.54, 1.807) is 11.3 Å². The zero-order chi connectivity index (χ0) is 12.3. The molecule has 2 heterocycles. The number of nitrogens with one attached hydrogen (secondary N) is 2. The van der Waals surface area contributed by atoms with Crippen LogP contribution in [0.2, 0.25) is 0 Å². The van der Waals surface area contributed by atoms with Gasteiger partial charge in [-0.25, -0.2) is 4.98 Å². The smallest absolute Gasteiger partial charge is 0.120 e. The van der Waals surface area contributed by atoms with Crippen LogP contribution in [0.25, 0.3) is 10.6 Å². The lowest BCUT2D eigenvalue weighted by Gasteiger charge is -2.08. The zero-order valence-electron chi connectivity index (χ0n) is 10.6. The molecule has 2 N–H and O–H groups in total. The number of aryl methyl sites for hydroxylation is 1. The molecule has 0 amide bonds. The third-order valence-electron chi connectivity index (χ3n) is 2.97. The normalized spacial score (nSPS) is 12.9. The van der Waals surface area contributed by atoms with Gasteiger partial charge in [-0.2, -0.15) is 0 Å². The van der Waals surface area contributed by atoms with Crippen LogP contribution in [0.1, 0.15) is 31.7 Å². The van der Waals surface area contributed by atoms with Gasteiger partial charge < -0.3 is 10.3 Å². The Bertz CT molecular complexity index is 472. The summed E-state index contributed by atoms with van der Waals surface area (Å²) in [5.74, 6) is 1.01. The van der Waals surface area contributed by atoms with Crippen molar-refractivity contribution in [3.8, 4) is 10.6 Å². The van der Waals surface area contributed by atoms with Gasteiger partial charge in [0.25, 0.3) is 0 Å². The highest BCUT2D eigenvalue weighted by Gasteiger charge is 2.07. The molecule has 2 aromatic heterocycles. The molecule has 0 radical (unpaired) electrons. The summed E-state index contributed by atoms with van der Waals surface area (Å²) in [6, 6.07) is 2.67. The molecule has 1 atom stereocenters. The van der Waals surface area contributed by atoms with Crippen molar-refractivity contribution in [3.63, 3.8) is 0 Å². The van der Waals surface area contributed by atoms with Gasteiger partial charge in [-0.15, -0.1) is 11.3 Å². The van der Waals surface area contributed by atoms with Crippen LogP contribution in [0.4, 0.5) is 0 Å². The van der Waals surface area contributed by atoms with Crippen molar-refractivity contribution in [3.05, 3.63) is 29.0 Å². The molecule has 3 nitrogen and oxygen atoms in total. The molecule has 0 aliphatic rings. The first kappa shape index (κ1) is 12.3. The molecule has 0 saturated heterocycles. The van der Waals surface area contributed by atoms with Crippen LogP contribution >= 0.6 is 11.3 Å². The summed E-state index contributed by atoms with van der Waals surface area (Å²) in [4.78, 5) is 9.07. The van der Waals surface area contributed by atoms with Crippen LogP contribution in [-0.2, 0) is 6.54 Å². The van der Waals surface area contributed by atoms with Crippen LogP contribution in [-0.4, -0.2) is 16.0 Å². The van der Waals surface area contributed by atoms with Crippen LogP contribution in [0.5, 0.6) is 0 Å². The quantitative estimate of drug-likeness (QED) is 0.853. The van der Waals surface area contributed by atoms with Gasteiger partial charge in [0.1, 0.15) is 5.82 Å². The standard InChI is InChI=1S/C13H19N3S/c1-4-10(3)14-8-12-15-7-11(16-12)13-9(2)5-6-17-13/h5-7,10,14H,4,8H2,1-3H3,(H,15,16). The van der Waals surface area contributed by atoms with E-state index in [0.717, 1.165) is 24.5 Å². The molecular weight excluding hydrogens is 230 g/mol. The van der Waals surface area contributed by atoms with Gasteiger partial charge in [0.15, 0.2) is 0 Å². The van der Waals surface area contributed by atoms with E-state index in [2.05, 4.69) is 47.5 Å². The first-order chi connectivity index (χ1) is 8.20. The minimum atomic E-state index is 0.534. The molecule has 0 aliphatic heterocycles. The number of rotatable bonds is 5. The molecule has 4 heteroatoms. The van der Waals surface area contributed by atoms with Crippen molar-refractivity contribution in [1.82, 2.24) is 15.3 Å². The maximum Gasteiger partial charge on any atom is 0.120 e. The molecule has 0 fully saturated rings. The highest BCUT2D eigenvalue weighted by atomic mass is 32.1. The first-order valence-electron chi connectivity index (χ1n) is 6.02. The van der Waals surface area contributed by atoms with Gasteiger partial charge in [0.05, 0.1) is 23.3 Å². The molecule has 2 rings (SSSR count). The second kappa shape index (κ2) is 5.47. The van der Waals surface area contributed by atoms with E-state index in [-0.39, 0.29) is 0 Å². The molecule has 0 bridgehead atoms. The van der Waals surface area contributed by atoms with E-state index in [0.29, 0.717) is 6.04 Å². The minimum Gasteiger partial charge on any atom is -0.340 e. The summed E-state index contributed by atoms with van der Waals surface area (Å²) in [5, 5.41) is 5.55. The van der Waals surface area contributed by atoms with E-state index in [9.17, 15) is 0 Å². The van der Waals surface area contributed by atoms with E-state index in [1.807, 2.05) is 6.20 Å². The fourth-order valence-corrected chi connectivity index (χ4v) is 2.52. The molecule has 0 saturated carbocycles. The monoisotopic (exact) mass is 249 g/mol. The second-order valence-corrected chi connectivity index (χ2v) is 5.28. The highest BCUT2D eigenvalue weighted by molar-refractivity contribution is 7.13.